The molecule has 1 aliphatic carbocycles. The summed E-state index contributed by atoms with van der Waals surface area (Å²) in [5, 5.41) is 3.56. The van der Waals surface area contributed by atoms with Gasteiger partial charge in [-0.25, -0.2) is 4.39 Å². The number of hydrogen-bond acceptors (Lipinski definition) is 1. The molecule has 0 spiro atoms. The van der Waals surface area contributed by atoms with Crippen molar-refractivity contribution in [1.29, 1.82) is 0 Å². The van der Waals surface area contributed by atoms with Crippen molar-refractivity contribution in [2.75, 3.05) is 6.54 Å². The van der Waals surface area contributed by atoms with E-state index in [2.05, 4.69) is 41.2 Å². The fourth-order valence-electron chi connectivity index (χ4n) is 3.32. The smallest absolute Gasteiger partial charge is 0.124 e. The Morgan fingerprint density at radius 2 is 2.16 bits per heavy atom. The van der Waals surface area contributed by atoms with Crippen LogP contribution in [0, 0.1) is 17.7 Å². The zero-order chi connectivity index (χ0) is 13.8. The summed E-state index contributed by atoms with van der Waals surface area (Å²) in [5.74, 6) is 1.26. The molecule has 3 atom stereocenters. The molecule has 0 aliphatic heterocycles. The lowest BCUT2D eigenvalue weighted by molar-refractivity contribution is 0.225. The van der Waals surface area contributed by atoms with Gasteiger partial charge in [0.25, 0.3) is 0 Å². The zero-order valence-corrected chi connectivity index (χ0v) is 13.3. The monoisotopic (exact) mass is 327 g/mol. The summed E-state index contributed by atoms with van der Waals surface area (Å²) in [6.45, 7) is 5.37. The van der Waals surface area contributed by atoms with E-state index < -0.39 is 0 Å². The van der Waals surface area contributed by atoms with E-state index >= 15 is 0 Å². The van der Waals surface area contributed by atoms with E-state index in [1.807, 2.05) is 0 Å². The highest BCUT2D eigenvalue weighted by Gasteiger charge is 2.27. The third kappa shape index (κ3) is 4.03. The van der Waals surface area contributed by atoms with Gasteiger partial charge >= 0.3 is 0 Å². The van der Waals surface area contributed by atoms with E-state index in [1.165, 1.54) is 31.7 Å². The number of benzene rings is 1. The molecule has 1 nitrogen and oxygen atoms in total. The van der Waals surface area contributed by atoms with E-state index in [0.717, 1.165) is 22.5 Å². The van der Waals surface area contributed by atoms with E-state index in [4.69, 9.17) is 0 Å². The molecule has 106 valence electrons. The number of hydrogen-bond donors (Lipinski definition) is 1. The molecule has 1 N–H and O–H groups in total. The number of rotatable bonds is 4. The average molecular weight is 328 g/mol. The van der Waals surface area contributed by atoms with Crippen LogP contribution in [0.25, 0.3) is 0 Å². The molecule has 0 heterocycles. The molecule has 1 aliphatic rings. The van der Waals surface area contributed by atoms with Crippen LogP contribution in [0.15, 0.2) is 22.7 Å². The van der Waals surface area contributed by atoms with Crippen LogP contribution in [0.5, 0.6) is 0 Å². The molecular formula is C16H23BrFN. The Bertz CT molecular complexity index is 401. The van der Waals surface area contributed by atoms with E-state index in [-0.39, 0.29) is 11.9 Å². The minimum Gasteiger partial charge on any atom is -0.310 e. The molecule has 0 radical (unpaired) electrons. The van der Waals surface area contributed by atoms with Gasteiger partial charge in [0.05, 0.1) is 0 Å². The molecule has 0 saturated heterocycles. The third-order valence-electron chi connectivity index (χ3n) is 4.12. The Morgan fingerprint density at radius 3 is 2.79 bits per heavy atom. The van der Waals surface area contributed by atoms with Crippen molar-refractivity contribution in [1.82, 2.24) is 5.32 Å². The highest BCUT2D eigenvalue weighted by atomic mass is 79.9. The first kappa shape index (κ1) is 15.0. The summed E-state index contributed by atoms with van der Waals surface area (Å²) < 4.78 is 14.4. The molecule has 19 heavy (non-hydrogen) atoms. The number of halogens is 2. The Kier molecular flexibility index (Phi) is 5.40. The average Bonchev–Trinajstić information content (AvgIpc) is 2.34. The predicted octanol–water partition coefficient (Wildman–Crippen LogP) is 5.07. The summed E-state index contributed by atoms with van der Waals surface area (Å²) in [4.78, 5) is 0. The minimum absolute atomic E-state index is 0.156. The van der Waals surface area contributed by atoms with Crippen LogP contribution in [-0.2, 0) is 0 Å². The first-order chi connectivity index (χ1) is 9.10. The van der Waals surface area contributed by atoms with Gasteiger partial charge in [0.2, 0.25) is 0 Å². The predicted molar refractivity (Wildman–Crippen MR) is 81.6 cm³/mol. The molecule has 1 saturated carbocycles. The molecule has 3 unspecified atom stereocenters. The SMILES string of the molecule is CCNC(c1cc(F)cc(Br)c1)C1CCCC(C)C1. The van der Waals surface area contributed by atoms with Crippen molar-refractivity contribution in [2.24, 2.45) is 11.8 Å². The van der Waals surface area contributed by atoms with Crippen LogP contribution in [-0.4, -0.2) is 6.54 Å². The molecule has 0 amide bonds. The second-order valence-electron chi connectivity index (χ2n) is 5.77. The molecule has 1 aromatic rings. The fraction of sp³-hybridized carbons (Fsp3) is 0.625. The highest BCUT2D eigenvalue weighted by Crippen LogP contribution is 2.37. The van der Waals surface area contributed by atoms with Gasteiger partial charge in [0.1, 0.15) is 5.82 Å². The van der Waals surface area contributed by atoms with Crippen LogP contribution in [0.3, 0.4) is 0 Å². The van der Waals surface area contributed by atoms with Crippen LogP contribution in [0.2, 0.25) is 0 Å². The van der Waals surface area contributed by atoms with Crippen LogP contribution >= 0.6 is 15.9 Å². The largest absolute Gasteiger partial charge is 0.310 e. The summed E-state index contributed by atoms with van der Waals surface area (Å²) >= 11 is 3.40. The topological polar surface area (TPSA) is 12.0 Å². The normalized spacial score (nSPS) is 25.3. The Labute approximate surface area is 124 Å². The van der Waals surface area contributed by atoms with Gasteiger partial charge in [-0.3, -0.25) is 0 Å². The quantitative estimate of drug-likeness (QED) is 0.814. The minimum atomic E-state index is -0.156. The molecular weight excluding hydrogens is 305 g/mol. The Hall–Kier alpha value is -0.410. The van der Waals surface area contributed by atoms with E-state index in [9.17, 15) is 4.39 Å². The van der Waals surface area contributed by atoms with Crippen LogP contribution < -0.4 is 5.32 Å². The van der Waals surface area contributed by atoms with Crippen molar-refractivity contribution < 1.29 is 4.39 Å². The fourth-order valence-corrected chi connectivity index (χ4v) is 3.80. The Balaban J connectivity index is 2.22. The number of nitrogens with one attached hydrogen (secondary N) is 1. The van der Waals surface area contributed by atoms with Gasteiger partial charge < -0.3 is 5.32 Å². The third-order valence-corrected chi connectivity index (χ3v) is 4.57. The van der Waals surface area contributed by atoms with Gasteiger partial charge in [0, 0.05) is 10.5 Å². The lowest BCUT2D eigenvalue weighted by Crippen LogP contribution is -2.31. The molecule has 2 rings (SSSR count). The van der Waals surface area contributed by atoms with E-state index in [0.29, 0.717) is 5.92 Å². The second kappa shape index (κ2) is 6.85. The van der Waals surface area contributed by atoms with Gasteiger partial charge in [0.15, 0.2) is 0 Å². The molecule has 0 aromatic heterocycles. The van der Waals surface area contributed by atoms with E-state index in [1.54, 1.807) is 6.07 Å². The first-order valence-electron chi connectivity index (χ1n) is 7.29. The van der Waals surface area contributed by atoms with Crippen LogP contribution in [0.1, 0.15) is 51.1 Å². The Morgan fingerprint density at radius 1 is 1.37 bits per heavy atom. The van der Waals surface area contributed by atoms with Gasteiger partial charge in [-0.05, 0) is 55.0 Å². The van der Waals surface area contributed by atoms with Gasteiger partial charge in [-0.2, -0.15) is 0 Å². The maximum absolute atomic E-state index is 13.6. The van der Waals surface area contributed by atoms with Crippen molar-refractivity contribution in [2.45, 2.75) is 45.6 Å². The van der Waals surface area contributed by atoms with Crippen LogP contribution in [0.4, 0.5) is 4.39 Å². The van der Waals surface area contributed by atoms with Gasteiger partial charge in [-0.1, -0.05) is 42.6 Å². The molecule has 3 heteroatoms. The highest BCUT2D eigenvalue weighted by molar-refractivity contribution is 9.10. The lowest BCUT2D eigenvalue weighted by atomic mass is 9.76. The second-order valence-corrected chi connectivity index (χ2v) is 6.69. The molecule has 1 aromatic carbocycles. The van der Waals surface area contributed by atoms with Crippen molar-refractivity contribution in [3.05, 3.63) is 34.1 Å². The van der Waals surface area contributed by atoms with Crippen molar-refractivity contribution in [3.8, 4) is 0 Å². The zero-order valence-electron chi connectivity index (χ0n) is 11.8. The lowest BCUT2D eigenvalue weighted by Gasteiger charge is -2.34. The molecule has 1 fully saturated rings. The summed E-state index contributed by atoms with van der Waals surface area (Å²) in [6, 6.07) is 5.53. The van der Waals surface area contributed by atoms with Crippen molar-refractivity contribution >= 4 is 15.9 Å². The summed E-state index contributed by atoms with van der Waals surface area (Å²) in [7, 11) is 0. The van der Waals surface area contributed by atoms with Gasteiger partial charge in [-0.15, -0.1) is 0 Å². The maximum Gasteiger partial charge on any atom is 0.124 e. The van der Waals surface area contributed by atoms with Crippen molar-refractivity contribution in [3.63, 3.8) is 0 Å². The first-order valence-corrected chi connectivity index (χ1v) is 8.08. The summed E-state index contributed by atoms with van der Waals surface area (Å²) in [6.07, 6.45) is 5.12. The summed E-state index contributed by atoms with van der Waals surface area (Å²) in [5.41, 5.74) is 1.08. The maximum atomic E-state index is 13.6. The standard InChI is InChI=1S/C16H23BrFN/c1-3-19-16(12-6-4-5-11(2)7-12)13-8-14(17)10-15(18)9-13/h8-12,16,19H,3-7H2,1-2H3. The molecule has 0 bridgehead atoms.